The largest absolute Gasteiger partial charge is 0.495 e. The molecule has 1 aliphatic rings. The van der Waals surface area contributed by atoms with Crippen LogP contribution in [-0.2, 0) is 19.5 Å². The Balaban J connectivity index is 1.97. The number of carbonyl (C=O) groups is 1. The van der Waals surface area contributed by atoms with Gasteiger partial charge in [0.25, 0.3) is 0 Å². The zero-order valence-corrected chi connectivity index (χ0v) is 15.9. The lowest BCUT2D eigenvalue weighted by Crippen LogP contribution is -2.40. The Hall–Kier alpha value is -2.28. The highest BCUT2D eigenvalue weighted by Crippen LogP contribution is 2.32. The van der Waals surface area contributed by atoms with Crippen molar-refractivity contribution in [1.82, 2.24) is 20.1 Å². The molecular formula is C18H24ClN5O2. The molecule has 140 valence electrons. The molecule has 0 radical (unpaired) electrons. The molecule has 1 aliphatic heterocycles. The third-order valence-electron chi connectivity index (χ3n) is 4.49. The number of halogens is 1. The predicted molar refractivity (Wildman–Crippen MR) is 101 cm³/mol. The molecule has 0 fully saturated rings. The van der Waals surface area contributed by atoms with Gasteiger partial charge >= 0.3 is 6.03 Å². The highest BCUT2D eigenvalue weighted by molar-refractivity contribution is 6.31. The molecule has 0 saturated heterocycles. The van der Waals surface area contributed by atoms with Gasteiger partial charge in [-0.2, -0.15) is 0 Å². The van der Waals surface area contributed by atoms with Gasteiger partial charge in [0, 0.05) is 24.5 Å². The van der Waals surface area contributed by atoms with E-state index in [0.717, 1.165) is 37.5 Å². The fraction of sp³-hybridized carbons (Fsp3) is 0.500. The molecule has 1 aromatic heterocycles. The van der Waals surface area contributed by atoms with Gasteiger partial charge in [-0.15, -0.1) is 10.2 Å². The van der Waals surface area contributed by atoms with Crippen LogP contribution in [0.1, 0.15) is 37.8 Å². The molecule has 26 heavy (non-hydrogen) atoms. The number of methoxy groups -OCH3 is 1. The summed E-state index contributed by atoms with van der Waals surface area (Å²) in [7, 11) is 1.58. The van der Waals surface area contributed by atoms with E-state index in [1.165, 1.54) is 6.42 Å². The first-order chi connectivity index (χ1) is 12.6. The Kier molecular flexibility index (Phi) is 5.98. The van der Waals surface area contributed by atoms with E-state index in [1.54, 1.807) is 30.2 Å². The van der Waals surface area contributed by atoms with Crippen molar-refractivity contribution in [2.45, 2.75) is 45.7 Å². The van der Waals surface area contributed by atoms with Crippen molar-refractivity contribution >= 4 is 23.3 Å². The lowest BCUT2D eigenvalue weighted by molar-refractivity contribution is 0.246. The highest BCUT2D eigenvalue weighted by atomic mass is 35.5. The first kappa shape index (κ1) is 18.5. The van der Waals surface area contributed by atoms with Crippen molar-refractivity contribution in [3.8, 4) is 5.75 Å². The number of aryl methyl sites for hydroxylation is 1. The van der Waals surface area contributed by atoms with E-state index in [9.17, 15) is 4.79 Å². The second-order valence-corrected chi connectivity index (χ2v) is 6.67. The minimum atomic E-state index is -0.223. The molecular weight excluding hydrogens is 354 g/mol. The molecule has 0 aliphatic carbocycles. The van der Waals surface area contributed by atoms with Crippen LogP contribution in [0.4, 0.5) is 10.5 Å². The minimum Gasteiger partial charge on any atom is -0.495 e. The Morgan fingerprint density at radius 1 is 1.35 bits per heavy atom. The standard InChI is InChI=1S/C18H24ClN5O2/c1-3-20-18(25)24(14-11-13(19)8-9-15(14)26-2)12-17-22-21-16-7-5-4-6-10-23(16)17/h8-9,11H,3-7,10,12H2,1-2H3,(H,20,25). The summed E-state index contributed by atoms with van der Waals surface area (Å²) in [6, 6.07) is 5.01. The number of hydrogen-bond acceptors (Lipinski definition) is 4. The fourth-order valence-electron chi connectivity index (χ4n) is 3.19. The Bertz CT molecular complexity index is 777. The van der Waals surface area contributed by atoms with Crippen LogP contribution in [0.5, 0.6) is 5.75 Å². The van der Waals surface area contributed by atoms with Crippen molar-refractivity contribution < 1.29 is 9.53 Å². The van der Waals surface area contributed by atoms with Crippen LogP contribution >= 0.6 is 11.6 Å². The topological polar surface area (TPSA) is 72.3 Å². The number of fused-ring (bicyclic) bond motifs is 1. The molecule has 2 heterocycles. The normalized spacial score (nSPS) is 13.7. The monoisotopic (exact) mass is 377 g/mol. The molecule has 1 N–H and O–H groups in total. The van der Waals surface area contributed by atoms with Crippen LogP contribution in [0.15, 0.2) is 18.2 Å². The van der Waals surface area contributed by atoms with Crippen LogP contribution in [0, 0.1) is 0 Å². The van der Waals surface area contributed by atoms with Crippen LogP contribution in [0.25, 0.3) is 0 Å². The average molecular weight is 378 g/mol. The summed E-state index contributed by atoms with van der Waals surface area (Å²) in [5, 5.41) is 12.1. The number of anilines is 1. The number of nitrogens with one attached hydrogen (secondary N) is 1. The Morgan fingerprint density at radius 3 is 2.96 bits per heavy atom. The molecule has 1 aromatic carbocycles. The summed E-state index contributed by atoms with van der Waals surface area (Å²) in [5.41, 5.74) is 0.608. The van der Waals surface area contributed by atoms with E-state index in [2.05, 4.69) is 20.1 Å². The van der Waals surface area contributed by atoms with E-state index < -0.39 is 0 Å². The molecule has 2 aromatic rings. The zero-order chi connectivity index (χ0) is 18.5. The molecule has 8 heteroatoms. The van der Waals surface area contributed by atoms with Crippen LogP contribution in [0.3, 0.4) is 0 Å². The molecule has 0 spiro atoms. The first-order valence-corrected chi connectivity index (χ1v) is 9.31. The summed E-state index contributed by atoms with van der Waals surface area (Å²) >= 11 is 6.17. The number of aromatic nitrogens is 3. The summed E-state index contributed by atoms with van der Waals surface area (Å²) in [5.74, 6) is 2.35. The van der Waals surface area contributed by atoms with E-state index in [1.807, 2.05) is 6.92 Å². The molecule has 2 amide bonds. The van der Waals surface area contributed by atoms with Crippen LogP contribution < -0.4 is 15.0 Å². The van der Waals surface area contributed by atoms with Gasteiger partial charge in [0.1, 0.15) is 11.6 Å². The number of amides is 2. The predicted octanol–water partition coefficient (Wildman–Crippen LogP) is 3.40. The van der Waals surface area contributed by atoms with E-state index >= 15 is 0 Å². The second kappa shape index (κ2) is 8.40. The number of benzene rings is 1. The lowest BCUT2D eigenvalue weighted by atomic mass is 10.2. The van der Waals surface area contributed by atoms with E-state index in [0.29, 0.717) is 29.5 Å². The fourth-order valence-corrected chi connectivity index (χ4v) is 3.36. The Labute approximate surface area is 158 Å². The summed E-state index contributed by atoms with van der Waals surface area (Å²) < 4.78 is 7.57. The number of rotatable bonds is 5. The third kappa shape index (κ3) is 3.93. The SMILES string of the molecule is CCNC(=O)N(Cc1nnc2n1CCCCC2)c1cc(Cl)ccc1OC. The molecule has 3 rings (SSSR count). The van der Waals surface area contributed by atoms with E-state index in [-0.39, 0.29) is 6.03 Å². The minimum absolute atomic E-state index is 0.223. The maximum absolute atomic E-state index is 12.7. The van der Waals surface area contributed by atoms with Crippen molar-refractivity contribution in [3.63, 3.8) is 0 Å². The highest BCUT2D eigenvalue weighted by Gasteiger charge is 2.24. The van der Waals surface area contributed by atoms with E-state index in [4.69, 9.17) is 16.3 Å². The van der Waals surface area contributed by atoms with Crippen LogP contribution in [0.2, 0.25) is 5.02 Å². The van der Waals surface area contributed by atoms with Crippen molar-refractivity contribution in [1.29, 1.82) is 0 Å². The first-order valence-electron chi connectivity index (χ1n) is 8.94. The summed E-state index contributed by atoms with van der Waals surface area (Å²) in [4.78, 5) is 14.4. The number of ether oxygens (including phenoxy) is 1. The second-order valence-electron chi connectivity index (χ2n) is 6.23. The van der Waals surface area contributed by atoms with Crippen molar-refractivity contribution in [2.75, 3.05) is 18.6 Å². The van der Waals surface area contributed by atoms with Gasteiger partial charge in [-0.1, -0.05) is 18.0 Å². The van der Waals surface area contributed by atoms with Gasteiger partial charge in [-0.3, -0.25) is 4.90 Å². The number of hydrogen-bond donors (Lipinski definition) is 1. The molecule has 0 bridgehead atoms. The Morgan fingerprint density at radius 2 is 2.19 bits per heavy atom. The van der Waals surface area contributed by atoms with Crippen molar-refractivity contribution in [2.24, 2.45) is 0 Å². The van der Waals surface area contributed by atoms with Gasteiger partial charge < -0.3 is 14.6 Å². The van der Waals surface area contributed by atoms with Gasteiger partial charge in [0.05, 0.1) is 19.3 Å². The third-order valence-corrected chi connectivity index (χ3v) is 4.73. The number of nitrogens with zero attached hydrogens (tertiary/aromatic N) is 4. The van der Waals surface area contributed by atoms with Gasteiger partial charge in [0.15, 0.2) is 5.82 Å². The molecule has 0 atom stereocenters. The zero-order valence-electron chi connectivity index (χ0n) is 15.2. The quantitative estimate of drug-likeness (QED) is 0.866. The molecule has 0 unspecified atom stereocenters. The molecule has 7 nitrogen and oxygen atoms in total. The van der Waals surface area contributed by atoms with Gasteiger partial charge in [-0.25, -0.2) is 4.79 Å². The van der Waals surface area contributed by atoms with Crippen molar-refractivity contribution in [3.05, 3.63) is 34.9 Å². The summed E-state index contributed by atoms with van der Waals surface area (Å²) in [6.45, 7) is 3.59. The van der Waals surface area contributed by atoms with Gasteiger partial charge in [0.2, 0.25) is 0 Å². The van der Waals surface area contributed by atoms with Crippen LogP contribution in [-0.4, -0.2) is 34.5 Å². The lowest BCUT2D eigenvalue weighted by Gasteiger charge is -2.25. The average Bonchev–Trinajstić information content (AvgIpc) is 2.86. The number of carbonyl (C=O) groups excluding carboxylic acids is 1. The number of urea groups is 1. The maximum Gasteiger partial charge on any atom is 0.322 e. The maximum atomic E-state index is 12.7. The molecule has 0 saturated carbocycles. The summed E-state index contributed by atoms with van der Waals surface area (Å²) in [6.07, 6.45) is 4.33. The van der Waals surface area contributed by atoms with Gasteiger partial charge in [-0.05, 0) is 38.0 Å². The smallest absolute Gasteiger partial charge is 0.322 e.